The summed E-state index contributed by atoms with van der Waals surface area (Å²) in [5.41, 5.74) is 0.523. The summed E-state index contributed by atoms with van der Waals surface area (Å²) in [6, 6.07) is 6.68. The summed E-state index contributed by atoms with van der Waals surface area (Å²) < 4.78 is 1.91. The first kappa shape index (κ1) is 15.4. The molecule has 1 heterocycles. The van der Waals surface area contributed by atoms with Crippen LogP contribution in [-0.2, 0) is 10.3 Å². The van der Waals surface area contributed by atoms with Gasteiger partial charge in [-0.1, -0.05) is 11.8 Å². The van der Waals surface area contributed by atoms with Gasteiger partial charge >= 0.3 is 5.97 Å². The molecule has 2 rings (SSSR count). The zero-order chi connectivity index (χ0) is 15.6. The van der Waals surface area contributed by atoms with Crippen LogP contribution in [0.5, 0.6) is 5.75 Å². The predicted octanol–water partition coefficient (Wildman–Crippen LogP) is 2.58. The van der Waals surface area contributed by atoms with E-state index < -0.39 is 5.97 Å². The van der Waals surface area contributed by atoms with E-state index >= 15 is 0 Å². The minimum atomic E-state index is -0.894. The van der Waals surface area contributed by atoms with Crippen LogP contribution in [0.25, 0.3) is 11.4 Å². The number of carboxylic acid groups (broad SMARTS) is 1. The van der Waals surface area contributed by atoms with Gasteiger partial charge < -0.3 is 10.2 Å². The average Bonchev–Trinajstić information content (AvgIpc) is 2.81. The van der Waals surface area contributed by atoms with Crippen LogP contribution < -0.4 is 0 Å². The number of aromatic hydroxyl groups is 1. The van der Waals surface area contributed by atoms with Crippen LogP contribution in [0.15, 0.2) is 29.4 Å². The van der Waals surface area contributed by atoms with E-state index in [4.69, 9.17) is 5.11 Å². The standard InChI is InChI=1S/C14H17N3O3S/c1-14(2,3)17-12(9-4-6-10(18)7-5-9)15-16-13(17)21-8-11(19)20/h4-7,18H,8H2,1-3H3,(H,19,20). The van der Waals surface area contributed by atoms with Gasteiger partial charge in [0.05, 0.1) is 5.75 Å². The molecule has 21 heavy (non-hydrogen) atoms. The Morgan fingerprint density at radius 2 is 1.86 bits per heavy atom. The monoisotopic (exact) mass is 307 g/mol. The molecule has 0 fully saturated rings. The molecule has 0 radical (unpaired) electrons. The number of benzene rings is 1. The highest BCUT2D eigenvalue weighted by Gasteiger charge is 2.24. The summed E-state index contributed by atoms with van der Waals surface area (Å²) in [4.78, 5) is 10.7. The summed E-state index contributed by atoms with van der Waals surface area (Å²) in [6.07, 6.45) is 0. The molecule has 0 aliphatic heterocycles. The molecule has 0 amide bonds. The second-order valence-electron chi connectivity index (χ2n) is 5.54. The lowest BCUT2D eigenvalue weighted by atomic mass is 10.1. The normalized spacial score (nSPS) is 11.6. The predicted molar refractivity (Wildman–Crippen MR) is 80.5 cm³/mol. The number of hydrogen-bond acceptors (Lipinski definition) is 5. The second kappa shape index (κ2) is 5.77. The number of aliphatic carboxylic acids is 1. The molecule has 0 unspecified atom stereocenters. The van der Waals surface area contributed by atoms with Gasteiger partial charge in [-0.15, -0.1) is 10.2 Å². The van der Waals surface area contributed by atoms with E-state index in [0.717, 1.165) is 17.3 Å². The van der Waals surface area contributed by atoms with Gasteiger partial charge in [-0.3, -0.25) is 9.36 Å². The van der Waals surface area contributed by atoms with E-state index in [-0.39, 0.29) is 17.0 Å². The first-order valence-corrected chi connectivity index (χ1v) is 7.37. The Hall–Kier alpha value is -2.02. The molecule has 112 valence electrons. The highest BCUT2D eigenvalue weighted by atomic mass is 32.2. The third-order valence-electron chi connectivity index (χ3n) is 2.75. The molecule has 2 N–H and O–H groups in total. The van der Waals surface area contributed by atoms with Crippen molar-refractivity contribution in [2.45, 2.75) is 31.5 Å². The lowest BCUT2D eigenvalue weighted by Crippen LogP contribution is -2.24. The van der Waals surface area contributed by atoms with Gasteiger partial charge in [0.25, 0.3) is 0 Å². The number of phenolic OH excluding ortho intramolecular Hbond substituents is 1. The van der Waals surface area contributed by atoms with Crippen LogP contribution in [0.2, 0.25) is 0 Å². The summed E-state index contributed by atoms with van der Waals surface area (Å²) in [7, 11) is 0. The van der Waals surface area contributed by atoms with Gasteiger partial charge in [-0.25, -0.2) is 0 Å². The van der Waals surface area contributed by atoms with Crippen molar-refractivity contribution in [1.29, 1.82) is 0 Å². The molecular formula is C14H17N3O3S. The van der Waals surface area contributed by atoms with Crippen LogP contribution in [0.1, 0.15) is 20.8 Å². The maximum atomic E-state index is 10.7. The van der Waals surface area contributed by atoms with Gasteiger partial charge in [0, 0.05) is 11.1 Å². The lowest BCUT2D eigenvalue weighted by molar-refractivity contribution is -0.133. The van der Waals surface area contributed by atoms with Gasteiger partial charge in [0.15, 0.2) is 11.0 Å². The van der Waals surface area contributed by atoms with Crippen molar-refractivity contribution in [3.8, 4) is 17.1 Å². The van der Waals surface area contributed by atoms with Gasteiger partial charge in [0.1, 0.15) is 5.75 Å². The second-order valence-corrected chi connectivity index (χ2v) is 6.48. The zero-order valence-electron chi connectivity index (χ0n) is 12.1. The molecule has 0 bridgehead atoms. The zero-order valence-corrected chi connectivity index (χ0v) is 12.9. The van der Waals surface area contributed by atoms with E-state index in [1.54, 1.807) is 24.3 Å². The van der Waals surface area contributed by atoms with Gasteiger partial charge in [0.2, 0.25) is 0 Å². The highest BCUT2D eigenvalue weighted by Crippen LogP contribution is 2.31. The molecule has 0 spiro atoms. The average molecular weight is 307 g/mol. The maximum Gasteiger partial charge on any atom is 0.313 e. The smallest absolute Gasteiger partial charge is 0.313 e. The summed E-state index contributed by atoms with van der Waals surface area (Å²) >= 11 is 1.14. The van der Waals surface area contributed by atoms with Crippen LogP contribution in [0, 0.1) is 0 Å². The van der Waals surface area contributed by atoms with Crippen molar-refractivity contribution in [1.82, 2.24) is 14.8 Å². The van der Waals surface area contributed by atoms with Crippen molar-refractivity contribution in [3.63, 3.8) is 0 Å². The number of carboxylic acids is 1. The number of hydrogen-bond donors (Lipinski definition) is 2. The van der Waals surface area contributed by atoms with Crippen LogP contribution in [-0.4, -0.2) is 36.7 Å². The van der Waals surface area contributed by atoms with Gasteiger partial charge in [-0.2, -0.15) is 0 Å². The Labute approximate surface area is 126 Å². The van der Waals surface area contributed by atoms with Crippen LogP contribution in [0.4, 0.5) is 0 Å². The fourth-order valence-corrected chi connectivity index (χ4v) is 2.73. The third kappa shape index (κ3) is 3.55. The molecule has 1 aromatic carbocycles. The quantitative estimate of drug-likeness (QED) is 0.844. The fraction of sp³-hybridized carbons (Fsp3) is 0.357. The molecule has 6 nitrogen and oxygen atoms in total. The van der Waals surface area contributed by atoms with E-state index in [0.29, 0.717) is 11.0 Å². The largest absolute Gasteiger partial charge is 0.508 e. The Kier molecular flexibility index (Phi) is 4.22. The summed E-state index contributed by atoms with van der Waals surface area (Å²) in [5.74, 6) is -0.129. The molecule has 0 aliphatic rings. The summed E-state index contributed by atoms with van der Waals surface area (Å²) in [5, 5.41) is 27.0. The summed E-state index contributed by atoms with van der Waals surface area (Å²) in [6.45, 7) is 6.02. The SMILES string of the molecule is CC(C)(C)n1c(SCC(=O)O)nnc1-c1ccc(O)cc1. The topological polar surface area (TPSA) is 88.2 Å². The van der Waals surface area contributed by atoms with E-state index in [1.807, 2.05) is 25.3 Å². The minimum absolute atomic E-state index is 0.0657. The van der Waals surface area contributed by atoms with Crippen molar-refractivity contribution in [2.24, 2.45) is 0 Å². The van der Waals surface area contributed by atoms with Crippen LogP contribution in [0.3, 0.4) is 0 Å². The number of phenols is 1. The van der Waals surface area contributed by atoms with E-state index in [1.165, 1.54) is 0 Å². The number of thioether (sulfide) groups is 1. The Morgan fingerprint density at radius 1 is 1.24 bits per heavy atom. The molecule has 0 saturated heterocycles. The van der Waals surface area contributed by atoms with E-state index in [2.05, 4.69) is 10.2 Å². The number of nitrogens with zero attached hydrogens (tertiary/aromatic N) is 3. The van der Waals surface area contributed by atoms with Crippen molar-refractivity contribution in [2.75, 3.05) is 5.75 Å². The Morgan fingerprint density at radius 3 is 2.38 bits per heavy atom. The number of carbonyl (C=O) groups is 1. The first-order chi connectivity index (χ1) is 9.79. The van der Waals surface area contributed by atoms with E-state index in [9.17, 15) is 9.90 Å². The van der Waals surface area contributed by atoms with Crippen molar-refractivity contribution < 1.29 is 15.0 Å². The Balaban J connectivity index is 2.46. The van der Waals surface area contributed by atoms with Crippen LogP contribution >= 0.6 is 11.8 Å². The molecular weight excluding hydrogens is 290 g/mol. The molecule has 0 aliphatic carbocycles. The van der Waals surface area contributed by atoms with Crippen molar-refractivity contribution in [3.05, 3.63) is 24.3 Å². The first-order valence-electron chi connectivity index (χ1n) is 6.39. The Bertz CT molecular complexity index is 644. The van der Waals surface area contributed by atoms with Crippen molar-refractivity contribution >= 4 is 17.7 Å². The van der Waals surface area contributed by atoms with Gasteiger partial charge in [-0.05, 0) is 45.0 Å². The minimum Gasteiger partial charge on any atom is -0.508 e. The molecule has 2 aromatic rings. The maximum absolute atomic E-state index is 10.7. The molecule has 0 atom stereocenters. The number of rotatable bonds is 4. The fourth-order valence-electron chi connectivity index (χ4n) is 1.89. The molecule has 0 saturated carbocycles. The molecule has 7 heteroatoms. The lowest BCUT2D eigenvalue weighted by Gasteiger charge is -2.24. The highest BCUT2D eigenvalue weighted by molar-refractivity contribution is 7.99. The third-order valence-corrected chi connectivity index (χ3v) is 3.67. The molecule has 1 aromatic heterocycles. The number of aromatic nitrogens is 3.